The van der Waals surface area contributed by atoms with Gasteiger partial charge in [0.05, 0.1) is 0 Å². The van der Waals surface area contributed by atoms with Crippen LogP contribution in [0.4, 0.5) is 0 Å². The molecule has 0 heterocycles. The van der Waals surface area contributed by atoms with Crippen molar-refractivity contribution in [2.75, 3.05) is 19.6 Å². The van der Waals surface area contributed by atoms with Gasteiger partial charge in [0.25, 0.3) is 0 Å². The van der Waals surface area contributed by atoms with E-state index in [0.29, 0.717) is 5.78 Å². The summed E-state index contributed by atoms with van der Waals surface area (Å²) in [7, 11) is 0. The summed E-state index contributed by atoms with van der Waals surface area (Å²) in [4.78, 5) is 14.4. The van der Waals surface area contributed by atoms with Crippen molar-refractivity contribution in [3.63, 3.8) is 0 Å². The Bertz CT molecular complexity index is 351. The molecule has 0 fully saturated rings. The van der Waals surface area contributed by atoms with Crippen molar-refractivity contribution >= 4 is 5.78 Å². The van der Waals surface area contributed by atoms with Crippen LogP contribution < -0.4 is 0 Å². The quantitative estimate of drug-likeness (QED) is 0.126. The molecule has 0 aromatic rings. The minimum Gasteiger partial charge on any atom is -0.304 e. The van der Waals surface area contributed by atoms with Gasteiger partial charge in [-0.15, -0.1) is 0 Å². The number of unbranched alkanes of at least 4 members (excludes halogenated alkanes) is 18. The second-order valence-corrected chi connectivity index (χ2v) is 9.78. The molecule has 0 aliphatic carbocycles. The molecule has 0 radical (unpaired) electrons. The zero-order chi connectivity index (χ0) is 22.8. The van der Waals surface area contributed by atoms with Crippen LogP contribution in [0.5, 0.6) is 0 Å². The Hall–Kier alpha value is -0.370. The standard InChI is InChI=1S/C29H59NO/c1-4-7-8-9-10-11-12-13-14-15-16-17-18-19-20-21-22-23-24-26-29(31)27-25-28-30(5-2)6-3/h4-28H2,1-3H3. The predicted molar refractivity (Wildman–Crippen MR) is 140 cm³/mol. The third-order valence-electron chi connectivity index (χ3n) is 6.88. The highest BCUT2D eigenvalue weighted by Gasteiger charge is 2.04. The van der Waals surface area contributed by atoms with Crippen molar-refractivity contribution in [1.82, 2.24) is 4.90 Å². The number of nitrogens with zero attached hydrogens (tertiary/aromatic N) is 1. The number of hydrogen-bond acceptors (Lipinski definition) is 2. The molecule has 0 spiro atoms. The van der Waals surface area contributed by atoms with Crippen LogP contribution in [-0.2, 0) is 4.79 Å². The maximum atomic E-state index is 12.0. The molecule has 0 aliphatic rings. The van der Waals surface area contributed by atoms with E-state index in [-0.39, 0.29) is 0 Å². The van der Waals surface area contributed by atoms with Crippen molar-refractivity contribution in [1.29, 1.82) is 0 Å². The first-order chi connectivity index (χ1) is 15.2. The second-order valence-electron chi connectivity index (χ2n) is 9.78. The SMILES string of the molecule is CCCCCCCCCCCCCCCCCCCCCC(=O)CCCN(CC)CC. The summed E-state index contributed by atoms with van der Waals surface area (Å²) in [6.45, 7) is 9.98. The molecule has 0 atom stereocenters. The first kappa shape index (κ1) is 30.6. The zero-order valence-electron chi connectivity index (χ0n) is 22.0. The minimum absolute atomic E-state index is 0.485. The molecule has 0 aromatic carbocycles. The average Bonchev–Trinajstić information content (AvgIpc) is 2.78. The molecule has 2 nitrogen and oxygen atoms in total. The van der Waals surface area contributed by atoms with E-state index in [1.54, 1.807) is 0 Å². The monoisotopic (exact) mass is 437 g/mol. The maximum absolute atomic E-state index is 12.0. The number of hydrogen-bond donors (Lipinski definition) is 0. The summed E-state index contributed by atoms with van der Waals surface area (Å²) < 4.78 is 0. The Labute approximate surface area is 197 Å². The number of ketones is 1. The largest absolute Gasteiger partial charge is 0.304 e. The van der Waals surface area contributed by atoms with Crippen LogP contribution in [-0.4, -0.2) is 30.3 Å². The Morgan fingerprint density at radius 2 is 0.774 bits per heavy atom. The van der Waals surface area contributed by atoms with Gasteiger partial charge in [-0.3, -0.25) is 4.79 Å². The van der Waals surface area contributed by atoms with Gasteiger partial charge in [0.2, 0.25) is 0 Å². The number of carbonyl (C=O) groups is 1. The van der Waals surface area contributed by atoms with Crippen LogP contribution in [0.15, 0.2) is 0 Å². The fourth-order valence-corrected chi connectivity index (χ4v) is 4.57. The number of carbonyl (C=O) groups excluding carboxylic acids is 1. The molecular weight excluding hydrogens is 378 g/mol. The van der Waals surface area contributed by atoms with E-state index < -0.39 is 0 Å². The first-order valence-electron chi connectivity index (χ1n) is 14.5. The summed E-state index contributed by atoms with van der Waals surface area (Å²) >= 11 is 0. The third-order valence-corrected chi connectivity index (χ3v) is 6.88. The average molecular weight is 438 g/mol. The minimum atomic E-state index is 0.485. The van der Waals surface area contributed by atoms with Crippen molar-refractivity contribution in [2.24, 2.45) is 0 Å². The van der Waals surface area contributed by atoms with Crippen LogP contribution in [0.2, 0.25) is 0 Å². The Morgan fingerprint density at radius 1 is 0.452 bits per heavy atom. The zero-order valence-corrected chi connectivity index (χ0v) is 22.0. The van der Waals surface area contributed by atoms with Crippen LogP contribution in [0.25, 0.3) is 0 Å². The molecule has 0 unspecified atom stereocenters. The molecule has 31 heavy (non-hydrogen) atoms. The summed E-state index contributed by atoms with van der Waals surface area (Å²) in [6.07, 6.45) is 29.3. The lowest BCUT2D eigenvalue weighted by atomic mass is 10.0. The van der Waals surface area contributed by atoms with E-state index >= 15 is 0 Å². The highest BCUT2D eigenvalue weighted by molar-refractivity contribution is 5.78. The van der Waals surface area contributed by atoms with Crippen molar-refractivity contribution in [2.45, 2.75) is 162 Å². The van der Waals surface area contributed by atoms with Crippen LogP contribution in [0.3, 0.4) is 0 Å². The van der Waals surface area contributed by atoms with Gasteiger partial charge < -0.3 is 4.90 Å². The molecule has 0 saturated carbocycles. The van der Waals surface area contributed by atoms with Gasteiger partial charge in [-0.05, 0) is 32.5 Å². The number of Topliss-reactive ketones (excluding diaryl/α,β-unsaturated/α-hetero) is 1. The highest BCUT2D eigenvalue weighted by Crippen LogP contribution is 2.15. The molecule has 186 valence electrons. The molecule has 0 amide bonds. The normalized spacial score (nSPS) is 11.5. The summed E-state index contributed by atoms with van der Waals surface area (Å²) in [5.41, 5.74) is 0. The lowest BCUT2D eigenvalue weighted by Crippen LogP contribution is -2.24. The van der Waals surface area contributed by atoms with Crippen LogP contribution in [0, 0.1) is 0 Å². The van der Waals surface area contributed by atoms with E-state index in [1.807, 2.05) is 0 Å². The van der Waals surface area contributed by atoms with Gasteiger partial charge >= 0.3 is 0 Å². The lowest BCUT2D eigenvalue weighted by Gasteiger charge is -2.17. The molecular formula is C29H59NO. The van der Waals surface area contributed by atoms with E-state index in [1.165, 1.54) is 116 Å². The maximum Gasteiger partial charge on any atom is 0.132 e. The molecule has 2 heteroatoms. The van der Waals surface area contributed by atoms with Gasteiger partial charge in [-0.2, -0.15) is 0 Å². The van der Waals surface area contributed by atoms with E-state index in [9.17, 15) is 4.79 Å². The van der Waals surface area contributed by atoms with Crippen LogP contribution in [0.1, 0.15) is 162 Å². The topological polar surface area (TPSA) is 20.3 Å². The van der Waals surface area contributed by atoms with E-state index in [0.717, 1.165) is 45.3 Å². The fraction of sp³-hybridized carbons (Fsp3) is 0.966. The van der Waals surface area contributed by atoms with Gasteiger partial charge in [0, 0.05) is 12.8 Å². The smallest absolute Gasteiger partial charge is 0.132 e. The molecule has 0 N–H and O–H groups in total. The predicted octanol–water partition coefficient (Wildman–Crippen LogP) is 9.50. The molecule has 0 saturated heterocycles. The van der Waals surface area contributed by atoms with Gasteiger partial charge in [0.1, 0.15) is 5.78 Å². The molecule has 0 bridgehead atoms. The summed E-state index contributed by atoms with van der Waals surface area (Å²) in [5.74, 6) is 0.485. The number of rotatable bonds is 26. The third kappa shape index (κ3) is 24.1. The lowest BCUT2D eigenvalue weighted by molar-refractivity contribution is -0.119. The van der Waals surface area contributed by atoms with E-state index in [2.05, 4.69) is 25.7 Å². The molecule has 0 aromatic heterocycles. The Balaban J connectivity index is 3.16. The van der Waals surface area contributed by atoms with Gasteiger partial charge in [-0.1, -0.05) is 136 Å². The van der Waals surface area contributed by atoms with Crippen LogP contribution >= 0.6 is 0 Å². The van der Waals surface area contributed by atoms with E-state index in [4.69, 9.17) is 0 Å². The summed E-state index contributed by atoms with van der Waals surface area (Å²) in [6, 6.07) is 0. The second kappa shape index (κ2) is 25.9. The van der Waals surface area contributed by atoms with Gasteiger partial charge in [-0.25, -0.2) is 0 Å². The molecule has 0 rings (SSSR count). The Kier molecular flexibility index (Phi) is 25.6. The Morgan fingerprint density at radius 3 is 1.13 bits per heavy atom. The van der Waals surface area contributed by atoms with Crippen molar-refractivity contribution in [3.05, 3.63) is 0 Å². The van der Waals surface area contributed by atoms with Crippen molar-refractivity contribution < 1.29 is 4.79 Å². The van der Waals surface area contributed by atoms with Crippen molar-refractivity contribution in [3.8, 4) is 0 Å². The highest BCUT2D eigenvalue weighted by atomic mass is 16.1. The first-order valence-corrected chi connectivity index (χ1v) is 14.5. The van der Waals surface area contributed by atoms with Gasteiger partial charge in [0.15, 0.2) is 0 Å². The fourth-order valence-electron chi connectivity index (χ4n) is 4.57. The molecule has 0 aliphatic heterocycles. The summed E-state index contributed by atoms with van der Waals surface area (Å²) in [5, 5.41) is 0.